The van der Waals surface area contributed by atoms with Crippen molar-refractivity contribution >= 4 is 29.3 Å². The number of carbonyl (C=O) groups excluding carboxylic acids is 1. The number of hydrogen-bond acceptors (Lipinski definition) is 2. The van der Waals surface area contributed by atoms with E-state index >= 15 is 0 Å². The van der Waals surface area contributed by atoms with Gasteiger partial charge in [-0.25, -0.2) is 0 Å². The van der Waals surface area contributed by atoms with Crippen molar-refractivity contribution in [3.8, 4) is 0 Å². The zero-order valence-electron chi connectivity index (χ0n) is 12.6. The summed E-state index contributed by atoms with van der Waals surface area (Å²) < 4.78 is 37.9. The van der Waals surface area contributed by atoms with Gasteiger partial charge in [-0.2, -0.15) is 13.2 Å². The fourth-order valence-electron chi connectivity index (χ4n) is 1.98. The van der Waals surface area contributed by atoms with Crippen molar-refractivity contribution in [2.75, 3.05) is 5.75 Å². The predicted octanol–water partition coefficient (Wildman–Crippen LogP) is 4.91. The Balaban J connectivity index is 1.78. The molecule has 0 saturated carbocycles. The highest BCUT2D eigenvalue weighted by Crippen LogP contribution is 2.29. The first-order chi connectivity index (χ1) is 11.4. The van der Waals surface area contributed by atoms with Gasteiger partial charge in [0.1, 0.15) is 0 Å². The molecule has 0 aliphatic rings. The lowest BCUT2D eigenvalue weighted by Gasteiger charge is -2.10. The molecule has 0 saturated heterocycles. The van der Waals surface area contributed by atoms with Gasteiger partial charge >= 0.3 is 6.18 Å². The molecule has 0 heterocycles. The van der Waals surface area contributed by atoms with Crippen LogP contribution in [0.25, 0.3) is 0 Å². The molecule has 7 heteroatoms. The lowest BCUT2D eigenvalue weighted by atomic mass is 10.1. The molecular formula is C17H15ClF3NOS. The number of thioether (sulfide) groups is 1. The van der Waals surface area contributed by atoms with Crippen LogP contribution in [0, 0.1) is 0 Å². The second-order valence-electron chi connectivity index (χ2n) is 5.06. The molecule has 0 radical (unpaired) electrons. The van der Waals surface area contributed by atoms with Gasteiger partial charge < -0.3 is 5.32 Å². The van der Waals surface area contributed by atoms with Gasteiger partial charge in [0.25, 0.3) is 0 Å². The molecule has 0 aliphatic carbocycles. The largest absolute Gasteiger partial charge is 0.416 e. The number of carbonyl (C=O) groups is 1. The summed E-state index contributed by atoms with van der Waals surface area (Å²) in [6, 6.07) is 12.3. The first-order valence-corrected chi connectivity index (χ1v) is 8.63. The lowest BCUT2D eigenvalue weighted by Crippen LogP contribution is -2.24. The monoisotopic (exact) mass is 373 g/mol. The summed E-state index contributed by atoms with van der Waals surface area (Å²) in [5.74, 6) is 0.574. The van der Waals surface area contributed by atoms with Gasteiger partial charge in [0.05, 0.1) is 11.3 Å². The molecule has 2 nitrogen and oxygen atoms in total. The Bertz CT molecular complexity index is 706. The Morgan fingerprint density at radius 2 is 1.88 bits per heavy atom. The summed E-state index contributed by atoms with van der Waals surface area (Å²) in [6.07, 6.45) is -4.38. The van der Waals surface area contributed by atoms with Gasteiger partial charge in [-0.15, -0.1) is 11.8 Å². The van der Waals surface area contributed by atoms with Crippen molar-refractivity contribution < 1.29 is 18.0 Å². The molecule has 1 N–H and O–H groups in total. The van der Waals surface area contributed by atoms with E-state index in [1.54, 1.807) is 12.1 Å². The number of hydrogen-bond donors (Lipinski definition) is 1. The molecule has 0 spiro atoms. The first-order valence-electron chi connectivity index (χ1n) is 7.10. The molecule has 0 aliphatic heterocycles. The third kappa shape index (κ3) is 5.76. The summed E-state index contributed by atoms with van der Waals surface area (Å²) in [5, 5.41) is 3.27. The number of halogens is 4. The molecule has 1 amide bonds. The fraction of sp³-hybridized carbons (Fsp3) is 0.235. The molecule has 2 aromatic rings. The maximum atomic E-state index is 12.6. The summed E-state index contributed by atoms with van der Waals surface area (Å²) in [7, 11) is 0. The van der Waals surface area contributed by atoms with Crippen LogP contribution >= 0.6 is 23.4 Å². The summed E-state index contributed by atoms with van der Waals surface area (Å²) >= 11 is 7.42. The molecule has 0 fully saturated rings. The third-order valence-corrected chi connectivity index (χ3v) is 4.54. The van der Waals surface area contributed by atoms with Gasteiger partial charge in [0, 0.05) is 17.3 Å². The average Bonchev–Trinajstić information content (AvgIpc) is 2.54. The standard InChI is InChI=1S/C17H15ClF3NOS/c18-15-7-2-1-5-13(15)10-24-11-16(23)22-9-12-4-3-6-14(8-12)17(19,20)21/h1-8H,9-11H2,(H,22,23). The van der Waals surface area contributed by atoms with Gasteiger partial charge in [-0.05, 0) is 29.3 Å². The zero-order valence-corrected chi connectivity index (χ0v) is 14.1. The van der Waals surface area contributed by atoms with E-state index in [9.17, 15) is 18.0 Å². The van der Waals surface area contributed by atoms with Gasteiger partial charge in [-0.3, -0.25) is 4.79 Å². The first kappa shape index (κ1) is 18.7. The Hall–Kier alpha value is -1.66. The van der Waals surface area contributed by atoms with E-state index in [4.69, 9.17) is 11.6 Å². The second-order valence-corrected chi connectivity index (χ2v) is 6.45. The van der Waals surface area contributed by atoms with E-state index in [0.29, 0.717) is 16.3 Å². The second kappa shape index (κ2) is 8.44. The van der Waals surface area contributed by atoms with Crippen molar-refractivity contribution in [3.63, 3.8) is 0 Å². The van der Waals surface area contributed by atoms with Crippen molar-refractivity contribution in [1.82, 2.24) is 5.32 Å². The van der Waals surface area contributed by atoms with Crippen LogP contribution in [0.4, 0.5) is 13.2 Å². The topological polar surface area (TPSA) is 29.1 Å². The summed E-state index contributed by atoms with van der Waals surface area (Å²) in [4.78, 5) is 11.8. The van der Waals surface area contributed by atoms with Crippen LogP contribution in [0.3, 0.4) is 0 Å². The van der Waals surface area contributed by atoms with Crippen LogP contribution in [0.1, 0.15) is 16.7 Å². The minimum absolute atomic E-state index is 0.0649. The van der Waals surface area contributed by atoms with Crippen molar-refractivity contribution in [3.05, 3.63) is 70.2 Å². The van der Waals surface area contributed by atoms with Crippen molar-refractivity contribution in [2.45, 2.75) is 18.5 Å². The van der Waals surface area contributed by atoms with Crippen LogP contribution < -0.4 is 5.32 Å². The van der Waals surface area contributed by atoms with E-state index in [1.165, 1.54) is 17.8 Å². The highest BCUT2D eigenvalue weighted by atomic mass is 35.5. The van der Waals surface area contributed by atoms with Gasteiger partial charge in [-0.1, -0.05) is 41.9 Å². The fourth-order valence-corrected chi connectivity index (χ4v) is 3.12. The smallest absolute Gasteiger partial charge is 0.351 e. The number of amides is 1. The maximum Gasteiger partial charge on any atom is 0.416 e. The summed E-state index contributed by atoms with van der Waals surface area (Å²) in [5.41, 5.74) is 0.631. The molecule has 0 atom stereocenters. The van der Waals surface area contributed by atoms with Crippen LogP contribution in [-0.2, 0) is 23.3 Å². The number of nitrogens with one attached hydrogen (secondary N) is 1. The molecular weight excluding hydrogens is 359 g/mol. The zero-order chi connectivity index (χ0) is 17.6. The highest BCUT2D eigenvalue weighted by molar-refractivity contribution is 7.99. The minimum Gasteiger partial charge on any atom is -0.351 e. The van der Waals surface area contributed by atoms with Gasteiger partial charge in [0.2, 0.25) is 5.91 Å². The van der Waals surface area contributed by atoms with E-state index in [0.717, 1.165) is 17.7 Å². The van der Waals surface area contributed by atoms with E-state index < -0.39 is 11.7 Å². The van der Waals surface area contributed by atoms with Crippen molar-refractivity contribution in [2.24, 2.45) is 0 Å². The van der Waals surface area contributed by atoms with E-state index in [1.807, 2.05) is 18.2 Å². The predicted molar refractivity (Wildman–Crippen MR) is 90.9 cm³/mol. The average molecular weight is 374 g/mol. The Labute approximate surface area is 147 Å². The quantitative estimate of drug-likeness (QED) is 0.779. The summed E-state index contributed by atoms with van der Waals surface area (Å²) in [6.45, 7) is 0.0649. The highest BCUT2D eigenvalue weighted by Gasteiger charge is 2.30. The maximum absolute atomic E-state index is 12.6. The van der Waals surface area contributed by atoms with E-state index in [2.05, 4.69) is 5.32 Å². The van der Waals surface area contributed by atoms with Crippen LogP contribution in [0.15, 0.2) is 48.5 Å². The van der Waals surface area contributed by atoms with Crippen LogP contribution in [-0.4, -0.2) is 11.7 Å². The van der Waals surface area contributed by atoms with Gasteiger partial charge in [0.15, 0.2) is 0 Å². The molecule has 0 aromatic heterocycles. The Morgan fingerprint density at radius 3 is 2.58 bits per heavy atom. The Morgan fingerprint density at radius 1 is 1.12 bits per heavy atom. The number of alkyl halides is 3. The molecule has 2 rings (SSSR count). The normalized spacial score (nSPS) is 11.3. The number of rotatable bonds is 6. The Kier molecular flexibility index (Phi) is 6.57. The molecule has 0 unspecified atom stereocenters. The molecule has 0 bridgehead atoms. The lowest BCUT2D eigenvalue weighted by molar-refractivity contribution is -0.137. The number of benzene rings is 2. The third-order valence-electron chi connectivity index (χ3n) is 3.19. The molecule has 128 valence electrons. The molecule has 2 aromatic carbocycles. The van der Waals surface area contributed by atoms with Crippen molar-refractivity contribution in [1.29, 1.82) is 0 Å². The van der Waals surface area contributed by atoms with E-state index in [-0.39, 0.29) is 18.2 Å². The minimum atomic E-state index is -4.38. The van der Waals surface area contributed by atoms with Crippen LogP contribution in [0.5, 0.6) is 0 Å². The SMILES string of the molecule is O=C(CSCc1ccccc1Cl)NCc1cccc(C(F)(F)F)c1. The molecule has 24 heavy (non-hydrogen) atoms. The van der Waals surface area contributed by atoms with Crippen LogP contribution in [0.2, 0.25) is 5.02 Å².